The van der Waals surface area contributed by atoms with E-state index in [4.69, 9.17) is 5.73 Å². The fourth-order valence-corrected chi connectivity index (χ4v) is 3.17. The molecule has 4 N–H and O–H groups in total. The summed E-state index contributed by atoms with van der Waals surface area (Å²) in [4.78, 5) is 23.8. The zero-order valence-corrected chi connectivity index (χ0v) is 11.6. The van der Waals surface area contributed by atoms with Crippen molar-refractivity contribution in [1.29, 1.82) is 0 Å². The molecule has 0 radical (unpaired) electrons. The van der Waals surface area contributed by atoms with Gasteiger partial charge in [-0.05, 0) is 13.2 Å². The number of carbonyl (C=O) groups excluding carboxylic acids is 2. The van der Waals surface area contributed by atoms with E-state index < -0.39 is 0 Å². The smallest absolute Gasteiger partial charge is 0.263 e. The van der Waals surface area contributed by atoms with E-state index in [1.165, 1.54) is 30.1 Å². The van der Waals surface area contributed by atoms with E-state index in [0.717, 1.165) is 4.21 Å². The van der Waals surface area contributed by atoms with Gasteiger partial charge in [0.05, 0.1) is 15.5 Å². The topological polar surface area (TPSA) is 84.2 Å². The lowest BCUT2D eigenvalue weighted by Crippen LogP contribution is -2.23. The number of nitrogens with one attached hydrogen (secondary N) is 2. The second-order valence-corrected chi connectivity index (χ2v) is 5.25. The lowest BCUT2D eigenvalue weighted by atomic mass is 10.2. The van der Waals surface area contributed by atoms with Gasteiger partial charge in [0.15, 0.2) is 0 Å². The van der Waals surface area contributed by atoms with E-state index in [2.05, 4.69) is 10.6 Å². The molecule has 0 aliphatic rings. The van der Waals surface area contributed by atoms with Crippen LogP contribution in [0.15, 0.2) is 4.21 Å². The molecule has 0 saturated heterocycles. The SMILES string of the molecule is CCNC(=O)c1sc(SC)c(C(=O)NC)c1N. The van der Waals surface area contributed by atoms with Gasteiger partial charge >= 0.3 is 0 Å². The Bertz CT molecular complexity index is 443. The largest absolute Gasteiger partial charge is 0.397 e. The maximum Gasteiger partial charge on any atom is 0.263 e. The third-order valence-electron chi connectivity index (χ3n) is 2.10. The summed E-state index contributed by atoms with van der Waals surface area (Å²) in [5.41, 5.74) is 6.51. The van der Waals surface area contributed by atoms with Crippen LogP contribution in [0.4, 0.5) is 5.69 Å². The molecule has 7 heteroatoms. The van der Waals surface area contributed by atoms with Crippen LogP contribution in [0.5, 0.6) is 0 Å². The molecule has 0 spiro atoms. The number of amides is 2. The van der Waals surface area contributed by atoms with Crippen LogP contribution in [-0.2, 0) is 0 Å². The molecule has 1 rings (SSSR count). The van der Waals surface area contributed by atoms with Crippen LogP contribution in [0, 0.1) is 0 Å². The molecule has 0 fully saturated rings. The van der Waals surface area contributed by atoms with Crippen molar-refractivity contribution in [2.24, 2.45) is 0 Å². The van der Waals surface area contributed by atoms with E-state index in [-0.39, 0.29) is 17.5 Å². The second kappa shape index (κ2) is 5.92. The number of hydrogen-bond donors (Lipinski definition) is 3. The van der Waals surface area contributed by atoms with Crippen LogP contribution < -0.4 is 16.4 Å². The van der Waals surface area contributed by atoms with Crippen LogP contribution >= 0.6 is 23.1 Å². The molecule has 1 aromatic rings. The van der Waals surface area contributed by atoms with Gasteiger partial charge in [0.25, 0.3) is 11.8 Å². The standard InChI is InChI=1S/C10H15N3O2S2/c1-4-13-9(15)7-6(11)5(8(14)12-2)10(16-3)17-7/h4,11H2,1-3H3,(H,12,14)(H,13,15). The Labute approximate surface area is 108 Å². The summed E-state index contributed by atoms with van der Waals surface area (Å²) in [6.45, 7) is 2.36. The minimum atomic E-state index is -0.265. The van der Waals surface area contributed by atoms with Crippen LogP contribution in [0.25, 0.3) is 0 Å². The van der Waals surface area contributed by atoms with Crippen molar-refractivity contribution in [3.05, 3.63) is 10.4 Å². The molecule has 2 amide bonds. The van der Waals surface area contributed by atoms with E-state index in [1.54, 1.807) is 0 Å². The number of hydrogen-bond acceptors (Lipinski definition) is 5. The first-order chi connectivity index (χ1) is 8.06. The number of nitrogens with two attached hydrogens (primary N) is 1. The van der Waals surface area contributed by atoms with Crippen LogP contribution in [0.2, 0.25) is 0 Å². The zero-order valence-electron chi connectivity index (χ0n) is 9.92. The van der Waals surface area contributed by atoms with E-state index in [9.17, 15) is 9.59 Å². The van der Waals surface area contributed by atoms with Gasteiger partial charge in [-0.15, -0.1) is 23.1 Å². The van der Waals surface area contributed by atoms with Crippen molar-refractivity contribution in [1.82, 2.24) is 10.6 Å². The van der Waals surface area contributed by atoms with Crippen molar-refractivity contribution in [3.63, 3.8) is 0 Å². The van der Waals surface area contributed by atoms with Gasteiger partial charge in [0.2, 0.25) is 0 Å². The molecular formula is C10H15N3O2S2. The molecule has 0 saturated carbocycles. The monoisotopic (exact) mass is 273 g/mol. The first-order valence-corrected chi connectivity index (χ1v) is 7.07. The number of rotatable bonds is 4. The van der Waals surface area contributed by atoms with Gasteiger partial charge in [0, 0.05) is 13.6 Å². The van der Waals surface area contributed by atoms with Crippen molar-refractivity contribution >= 4 is 40.6 Å². The predicted octanol–water partition coefficient (Wildman–Crippen LogP) is 1.16. The van der Waals surface area contributed by atoms with E-state index in [0.29, 0.717) is 17.0 Å². The number of nitrogen functional groups attached to an aromatic ring is 1. The first-order valence-electron chi connectivity index (χ1n) is 5.03. The van der Waals surface area contributed by atoms with Gasteiger partial charge in [0.1, 0.15) is 4.88 Å². The third kappa shape index (κ3) is 2.73. The molecule has 94 valence electrons. The third-order valence-corrected chi connectivity index (χ3v) is 4.42. The minimum absolute atomic E-state index is 0.236. The van der Waals surface area contributed by atoms with Crippen LogP contribution in [0.3, 0.4) is 0 Å². The number of thioether (sulfide) groups is 1. The van der Waals surface area contributed by atoms with E-state index >= 15 is 0 Å². The van der Waals surface area contributed by atoms with Crippen molar-refractivity contribution in [2.75, 3.05) is 25.6 Å². The molecule has 0 aromatic carbocycles. The highest BCUT2D eigenvalue weighted by atomic mass is 32.2. The maximum atomic E-state index is 11.7. The Morgan fingerprint density at radius 2 is 2.06 bits per heavy atom. The Morgan fingerprint density at radius 3 is 2.53 bits per heavy atom. The fourth-order valence-electron chi connectivity index (χ4n) is 1.32. The quantitative estimate of drug-likeness (QED) is 0.719. The predicted molar refractivity (Wildman–Crippen MR) is 71.9 cm³/mol. The Balaban J connectivity index is 3.23. The molecule has 0 aliphatic heterocycles. The summed E-state index contributed by atoms with van der Waals surface area (Å²) < 4.78 is 0.753. The highest BCUT2D eigenvalue weighted by Gasteiger charge is 2.24. The molecule has 0 unspecified atom stereocenters. The molecule has 17 heavy (non-hydrogen) atoms. The normalized spacial score (nSPS) is 10.1. The Morgan fingerprint density at radius 1 is 1.41 bits per heavy atom. The molecule has 0 bridgehead atoms. The molecule has 1 heterocycles. The van der Waals surface area contributed by atoms with E-state index in [1.807, 2.05) is 13.2 Å². The van der Waals surface area contributed by atoms with Crippen LogP contribution in [-0.4, -0.2) is 31.7 Å². The van der Waals surface area contributed by atoms with Gasteiger partial charge in [-0.25, -0.2) is 0 Å². The number of thiophene rings is 1. The molecule has 0 atom stereocenters. The van der Waals surface area contributed by atoms with Crippen molar-refractivity contribution in [3.8, 4) is 0 Å². The fraction of sp³-hybridized carbons (Fsp3) is 0.400. The van der Waals surface area contributed by atoms with Gasteiger partial charge in [-0.2, -0.15) is 0 Å². The first kappa shape index (κ1) is 13.9. The van der Waals surface area contributed by atoms with Gasteiger partial charge in [-0.3, -0.25) is 9.59 Å². The highest BCUT2D eigenvalue weighted by Crippen LogP contribution is 2.37. The Kier molecular flexibility index (Phi) is 4.83. The maximum absolute atomic E-state index is 11.7. The zero-order chi connectivity index (χ0) is 13.0. The molecular weight excluding hydrogens is 258 g/mol. The summed E-state index contributed by atoms with van der Waals surface area (Å²) in [6, 6.07) is 0. The average molecular weight is 273 g/mol. The van der Waals surface area contributed by atoms with Crippen molar-refractivity contribution < 1.29 is 9.59 Å². The summed E-state index contributed by atoms with van der Waals surface area (Å²) in [5.74, 6) is -0.501. The summed E-state index contributed by atoms with van der Waals surface area (Å²) in [7, 11) is 1.54. The Hall–Kier alpha value is -1.21. The number of anilines is 1. The lowest BCUT2D eigenvalue weighted by Gasteiger charge is -2.02. The van der Waals surface area contributed by atoms with Gasteiger partial charge in [-0.1, -0.05) is 0 Å². The van der Waals surface area contributed by atoms with Crippen LogP contribution in [0.1, 0.15) is 27.0 Å². The lowest BCUT2D eigenvalue weighted by molar-refractivity contribution is 0.0958. The summed E-state index contributed by atoms with van der Waals surface area (Å²) >= 11 is 2.65. The number of carbonyl (C=O) groups is 2. The second-order valence-electron chi connectivity index (χ2n) is 3.15. The molecule has 1 aromatic heterocycles. The molecule has 0 aliphatic carbocycles. The highest BCUT2D eigenvalue weighted by molar-refractivity contribution is 8.00. The summed E-state index contributed by atoms with van der Waals surface area (Å²) in [5, 5.41) is 5.20. The van der Waals surface area contributed by atoms with Crippen molar-refractivity contribution in [2.45, 2.75) is 11.1 Å². The minimum Gasteiger partial charge on any atom is -0.397 e. The molecule has 5 nitrogen and oxygen atoms in total. The summed E-state index contributed by atoms with van der Waals surface area (Å²) in [6.07, 6.45) is 1.85. The van der Waals surface area contributed by atoms with Gasteiger partial charge < -0.3 is 16.4 Å². The average Bonchev–Trinajstić information content (AvgIpc) is 2.65.